The molecule has 22 heavy (non-hydrogen) atoms. The summed E-state index contributed by atoms with van der Waals surface area (Å²) in [6.07, 6.45) is 1.75. The van der Waals surface area contributed by atoms with Crippen LogP contribution in [0.4, 0.5) is 4.79 Å². The predicted molar refractivity (Wildman–Crippen MR) is 81.3 cm³/mol. The summed E-state index contributed by atoms with van der Waals surface area (Å²) in [5.74, 6) is 1.83. The second-order valence-corrected chi connectivity index (χ2v) is 6.78. The lowest BCUT2D eigenvalue weighted by molar-refractivity contribution is 0.0184. The van der Waals surface area contributed by atoms with Gasteiger partial charge in [-0.3, -0.25) is 0 Å². The van der Waals surface area contributed by atoms with E-state index in [4.69, 9.17) is 9.26 Å². The van der Waals surface area contributed by atoms with Crippen molar-refractivity contribution in [1.29, 1.82) is 0 Å². The van der Waals surface area contributed by atoms with Crippen LogP contribution in [0, 0.1) is 12.8 Å². The van der Waals surface area contributed by atoms with E-state index in [2.05, 4.69) is 15.5 Å². The van der Waals surface area contributed by atoms with Crippen LogP contribution in [-0.4, -0.2) is 46.4 Å². The number of hydrogen-bond acceptors (Lipinski definition) is 6. The second kappa shape index (κ2) is 7.09. The molecule has 1 aromatic rings. The molecule has 2 rings (SSSR count). The summed E-state index contributed by atoms with van der Waals surface area (Å²) in [5, 5.41) is 7.09. The van der Waals surface area contributed by atoms with E-state index < -0.39 is 5.60 Å². The molecule has 1 aromatic heterocycles. The molecule has 1 aliphatic heterocycles. The van der Waals surface area contributed by atoms with Crippen molar-refractivity contribution >= 4 is 6.09 Å². The highest BCUT2D eigenvalue weighted by atomic mass is 16.6. The molecule has 1 amide bonds. The van der Waals surface area contributed by atoms with E-state index in [1.165, 1.54) is 0 Å². The number of aryl methyl sites for hydroxylation is 1. The first-order valence-electron chi connectivity index (χ1n) is 7.81. The molecule has 0 aliphatic carbocycles. The average Bonchev–Trinajstić information content (AvgIpc) is 2.83. The summed E-state index contributed by atoms with van der Waals surface area (Å²) in [6.45, 7) is 10.5. The van der Waals surface area contributed by atoms with Crippen molar-refractivity contribution < 1.29 is 14.1 Å². The molecule has 0 unspecified atom stereocenters. The fraction of sp³-hybridized carbons (Fsp3) is 0.800. The minimum absolute atomic E-state index is 0.208. The van der Waals surface area contributed by atoms with Gasteiger partial charge in [-0.25, -0.2) is 4.79 Å². The quantitative estimate of drug-likeness (QED) is 0.917. The normalized spacial score (nSPS) is 16.8. The van der Waals surface area contributed by atoms with E-state index >= 15 is 0 Å². The molecule has 1 fully saturated rings. The molecule has 7 heteroatoms. The number of amides is 1. The molecular weight excluding hydrogens is 284 g/mol. The van der Waals surface area contributed by atoms with E-state index in [-0.39, 0.29) is 6.09 Å². The largest absolute Gasteiger partial charge is 0.444 e. The van der Waals surface area contributed by atoms with Crippen molar-refractivity contribution in [3.8, 4) is 0 Å². The first-order valence-corrected chi connectivity index (χ1v) is 7.81. The molecule has 124 valence electrons. The van der Waals surface area contributed by atoms with Gasteiger partial charge in [-0.1, -0.05) is 5.16 Å². The van der Waals surface area contributed by atoms with Crippen LogP contribution in [0.3, 0.4) is 0 Å². The van der Waals surface area contributed by atoms with Crippen LogP contribution < -0.4 is 5.32 Å². The molecule has 1 saturated heterocycles. The average molecular weight is 310 g/mol. The highest BCUT2D eigenvalue weighted by molar-refractivity contribution is 5.68. The molecule has 7 nitrogen and oxygen atoms in total. The van der Waals surface area contributed by atoms with Gasteiger partial charge >= 0.3 is 6.09 Å². The van der Waals surface area contributed by atoms with Gasteiger partial charge in [0.15, 0.2) is 5.82 Å². The van der Waals surface area contributed by atoms with Crippen LogP contribution in [0.5, 0.6) is 0 Å². The van der Waals surface area contributed by atoms with E-state index in [0.717, 1.165) is 32.5 Å². The Morgan fingerprint density at radius 1 is 1.41 bits per heavy atom. The van der Waals surface area contributed by atoms with Crippen molar-refractivity contribution in [1.82, 2.24) is 20.4 Å². The van der Waals surface area contributed by atoms with E-state index in [0.29, 0.717) is 24.2 Å². The molecule has 0 saturated carbocycles. The van der Waals surface area contributed by atoms with Crippen molar-refractivity contribution in [2.75, 3.05) is 19.6 Å². The Morgan fingerprint density at radius 3 is 2.64 bits per heavy atom. The van der Waals surface area contributed by atoms with Crippen molar-refractivity contribution in [3.63, 3.8) is 0 Å². The zero-order chi connectivity index (χ0) is 16.2. The third-order valence-corrected chi connectivity index (χ3v) is 3.55. The first-order chi connectivity index (χ1) is 10.3. The highest BCUT2D eigenvalue weighted by Gasteiger charge is 2.26. The first kappa shape index (κ1) is 16.7. The second-order valence-electron chi connectivity index (χ2n) is 6.78. The number of nitrogens with zero attached hydrogens (tertiary/aromatic N) is 3. The summed E-state index contributed by atoms with van der Waals surface area (Å²) in [7, 11) is 0. The Bertz CT molecular complexity index is 487. The molecular formula is C15H26N4O3. The third kappa shape index (κ3) is 5.29. The smallest absolute Gasteiger partial charge is 0.410 e. The predicted octanol–water partition coefficient (Wildman–Crippen LogP) is 2.11. The topological polar surface area (TPSA) is 80.5 Å². The number of aromatic nitrogens is 2. The Morgan fingerprint density at radius 2 is 2.09 bits per heavy atom. The number of nitrogens with one attached hydrogen (secondary N) is 1. The fourth-order valence-electron chi connectivity index (χ4n) is 2.44. The highest BCUT2D eigenvalue weighted by Crippen LogP contribution is 2.19. The zero-order valence-corrected chi connectivity index (χ0v) is 13.9. The zero-order valence-electron chi connectivity index (χ0n) is 13.9. The number of carbonyl (C=O) groups excluding carboxylic acids is 1. The van der Waals surface area contributed by atoms with Crippen LogP contribution in [-0.2, 0) is 11.3 Å². The summed E-state index contributed by atoms with van der Waals surface area (Å²) < 4.78 is 10.5. The van der Waals surface area contributed by atoms with Gasteiger partial charge in [-0.05, 0) is 53.0 Å². The van der Waals surface area contributed by atoms with Gasteiger partial charge in [0.2, 0.25) is 5.89 Å². The van der Waals surface area contributed by atoms with Crippen LogP contribution >= 0.6 is 0 Å². The molecule has 0 spiro atoms. The van der Waals surface area contributed by atoms with Gasteiger partial charge < -0.3 is 19.5 Å². The molecule has 0 bridgehead atoms. The van der Waals surface area contributed by atoms with Gasteiger partial charge in [-0.2, -0.15) is 4.98 Å². The lowest BCUT2D eigenvalue weighted by atomic mass is 9.97. The summed E-state index contributed by atoms with van der Waals surface area (Å²) in [6, 6.07) is 0. The molecule has 0 radical (unpaired) electrons. The van der Waals surface area contributed by atoms with Crippen LogP contribution in [0.25, 0.3) is 0 Å². The van der Waals surface area contributed by atoms with E-state index in [1.807, 2.05) is 20.8 Å². The molecule has 1 N–H and O–H groups in total. The number of piperidine rings is 1. The van der Waals surface area contributed by atoms with Gasteiger partial charge in [-0.15, -0.1) is 0 Å². The maximum absolute atomic E-state index is 12.0. The van der Waals surface area contributed by atoms with Crippen LogP contribution in [0.1, 0.15) is 45.3 Å². The van der Waals surface area contributed by atoms with Crippen molar-refractivity contribution in [2.45, 2.75) is 52.7 Å². The Hall–Kier alpha value is -1.63. The Labute approximate surface area is 131 Å². The molecule has 2 heterocycles. The lowest BCUT2D eigenvalue weighted by Gasteiger charge is -2.33. The van der Waals surface area contributed by atoms with Gasteiger partial charge in [0.05, 0.1) is 6.54 Å². The van der Waals surface area contributed by atoms with Crippen LogP contribution in [0.15, 0.2) is 4.52 Å². The maximum atomic E-state index is 12.0. The third-order valence-electron chi connectivity index (χ3n) is 3.55. The monoisotopic (exact) mass is 310 g/mol. The minimum atomic E-state index is -0.433. The number of rotatable bonds is 4. The summed E-state index contributed by atoms with van der Waals surface area (Å²) >= 11 is 0. The van der Waals surface area contributed by atoms with Gasteiger partial charge in [0.25, 0.3) is 0 Å². The molecule has 0 atom stereocenters. The fourth-order valence-corrected chi connectivity index (χ4v) is 2.44. The van der Waals surface area contributed by atoms with Crippen molar-refractivity contribution in [3.05, 3.63) is 11.7 Å². The lowest BCUT2D eigenvalue weighted by Crippen LogP contribution is -2.43. The number of hydrogen-bond donors (Lipinski definition) is 1. The van der Waals surface area contributed by atoms with Crippen LogP contribution in [0.2, 0.25) is 0 Å². The van der Waals surface area contributed by atoms with Crippen molar-refractivity contribution in [2.24, 2.45) is 5.92 Å². The number of likely N-dealkylation sites (tertiary alicyclic amines) is 1. The van der Waals surface area contributed by atoms with Gasteiger partial charge in [0, 0.05) is 13.1 Å². The molecule has 1 aliphatic rings. The standard InChI is InChI=1S/C15H26N4O3/c1-11-17-13(22-18-11)10-16-9-12-5-7-19(8-6-12)14(20)21-15(2,3)4/h12,16H,5-10H2,1-4H3. The maximum Gasteiger partial charge on any atom is 0.410 e. The summed E-state index contributed by atoms with van der Waals surface area (Å²) in [4.78, 5) is 17.9. The van der Waals surface area contributed by atoms with Gasteiger partial charge in [0.1, 0.15) is 5.60 Å². The summed E-state index contributed by atoms with van der Waals surface area (Å²) in [5.41, 5.74) is -0.433. The SMILES string of the molecule is Cc1noc(CNCC2CCN(C(=O)OC(C)(C)C)CC2)n1. The molecule has 0 aromatic carbocycles. The number of carbonyl (C=O) groups is 1. The van der Waals surface area contributed by atoms with E-state index in [1.54, 1.807) is 11.8 Å². The Balaban J connectivity index is 1.65. The van der Waals surface area contributed by atoms with E-state index in [9.17, 15) is 4.79 Å². The Kier molecular flexibility index (Phi) is 5.39. The minimum Gasteiger partial charge on any atom is -0.444 e. The number of ether oxygens (including phenoxy) is 1.